The lowest BCUT2D eigenvalue weighted by Gasteiger charge is -2.16. The zero-order chi connectivity index (χ0) is 24.8. The number of halogens is 6. The summed E-state index contributed by atoms with van der Waals surface area (Å²) in [6, 6.07) is 4.23. The molecule has 0 bridgehead atoms. The lowest BCUT2D eigenvalue weighted by molar-refractivity contribution is -0.274. The molecule has 0 radical (unpaired) electrons. The predicted octanol–water partition coefficient (Wildman–Crippen LogP) is 5.87. The first-order chi connectivity index (χ1) is 15.3. The first-order valence-electron chi connectivity index (χ1n) is 10.3. The van der Waals surface area contributed by atoms with E-state index in [-0.39, 0.29) is 23.0 Å². The highest BCUT2D eigenvalue weighted by molar-refractivity contribution is 7.13. The molecule has 5 nitrogen and oxygen atoms in total. The Morgan fingerprint density at radius 1 is 1.15 bits per heavy atom. The van der Waals surface area contributed by atoms with Crippen molar-refractivity contribution in [3.05, 3.63) is 45.4 Å². The monoisotopic (exact) mass is 497 g/mol. The Morgan fingerprint density at radius 3 is 2.39 bits per heavy atom. The van der Waals surface area contributed by atoms with Gasteiger partial charge in [-0.25, -0.2) is 4.98 Å². The van der Waals surface area contributed by atoms with Crippen LogP contribution in [0.4, 0.5) is 26.3 Å². The van der Waals surface area contributed by atoms with E-state index in [1.165, 1.54) is 19.1 Å². The molecule has 0 spiro atoms. The normalized spacial score (nSPS) is 13.3. The molecule has 1 amide bonds. The van der Waals surface area contributed by atoms with E-state index in [0.717, 1.165) is 25.0 Å². The second-order valence-corrected chi connectivity index (χ2v) is 8.40. The van der Waals surface area contributed by atoms with Gasteiger partial charge in [0, 0.05) is 19.0 Å². The SMILES string of the molecule is CCC(CC)NCCc1nc(C(F)(F)F)c(C(=O)NC(C)c2cccc(OC(F)(F)F)c2)s1. The first kappa shape index (κ1) is 26.9. The van der Waals surface area contributed by atoms with Crippen LogP contribution in [0.2, 0.25) is 0 Å². The highest BCUT2D eigenvalue weighted by Crippen LogP contribution is 2.35. The molecule has 0 fully saturated rings. The second-order valence-electron chi connectivity index (χ2n) is 7.32. The zero-order valence-corrected chi connectivity index (χ0v) is 19.0. The molecule has 1 aromatic heterocycles. The Morgan fingerprint density at radius 2 is 1.82 bits per heavy atom. The van der Waals surface area contributed by atoms with E-state index in [9.17, 15) is 31.1 Å². The summed E-state index contributed by atoms with van der Waals surface area (Å²) >= 11 is 0.653. The summed E-state index contributed by atoms with van der Waals surface area (Å²) in [6.07, 6.45) is -7.74. The maximum absolute atomic E-state index is 13.5. The quantitative estimate of drug-likeness (QED) is 0.403. The topological polar surface area (TPSA) is 63.2 Å². The van der Waals surface area contributed by atoms with Crippen molar-refractivity contribution in [3.63, 3.8) is 0 Å². The van der Waals surface area contributed by atoms with Gasteiger partial charge < -0.3 is 15.4 Å². The summed E-state index contributed by atoms with van der Waals surface area (Å²) < 4.78 is 81.6. The van der Waals surface area contributed by atoms with Crippen molar-refractivity contribution in [2.45, 2.75) is 64.7 Å². The van der Waals surface area contributed by atoms with Crippen LogP contribution in [-0.4, -0.2) is 29.8 Å². The molecule has 2 rings (SSSR count). The molecule has 12 heteroatoms. The van der Waals surface area contributed by atoms with Crippen LogP contribution in [0, 0.1) is 0 Å². The number of aromatic nitrogens is 1. The molecule has 1 unspecified atom stereocenters. The summed E-state index contributed by atoms with van der Waals surface area (Å²) in [7, 11) is 0. The fourth-order valence-electron chi connectivity index (χ4n) is 3.10. The van der Waals surface area contributed by atoms with E-state index in [4.69, 9.17) is 0 Å². The molecule has 0 saturated carbocycles. The van der Waals surface area contributed by atoms with Gasteiger partial charge in [0.2, 0.25) is 0 Å². The molecular formula is C21H25F6N3O2S. The van der Waals surface area contributed by atoms with Crippen molar-refractivity contribution in [2.24, 2.45) is 0 Å². The third kappa shape index (κ3) is 8.18. The largest absolute Gasteiger partial charge is 0.573 e. The predicted molar refractivity (Wildman–Crippen MR) is 112 cm³/mol. The molecule has 2 N–H and O–H groups in total. The third-order valence-electron chi connectivity index (χ3n) is 4.84. The Bertz CT molecular complexity index is 925. The Hall–Kier alpha value is -2.34. The number of alkyl halides is 6. The van der Waals surface area contributed by atoms with Gasteiger partial charge in [-0.2, -0.15) is 13.2 Å². The minimum absolute atomic E-state index is 0.166. The van der Waals surface area contributed by atoms with Crippen molar-refractivity contribution >= 4 is 17.2 Å². The molecule has 0 aliphatic heterocycles. The third-order valence-corrected chi connectivity index (χ3v) is 5.96. The fraction of sp³-hybridized carbons (Fsp3) is 0.524. The van der Waals surface area contributed by atoms with Gasteiger partial charge in [-0.3, -0.25) is 4.79 Å². The summed E-state index contributed by atoms with van der Waals surface area (Å²) in [5.41, 5.74) is -1.04. The molecule has 2 aromatic rings. The number of nitrogens with zero attached hydrogens (tertiary/aromatic N) is 1. The standard InChI is InChI=1S/C21H25F6N3O2S/c1-4-14(5-2)28-10-9-16-30-18(20(22,23)24)17(33-16)19(31)29-12(3)13-7-6-8-15(11-13)32-21(25,26)27/h6-8,11-12,14,28H,4-5,9-10H2,1-3H3,(H,29,31). The summed E-state index contributed by atoms with van der Waals surface area (Å²) in [5.74, 6) is -1.50. The molecular weight excluding hydrogens is 472 g/mol. The van der Waals surface area contributed by atoms with Crippen molar-refractivity contribution in [1.82, 2.24) is 15.6 Å². The Labute approximate surface area is 191 Å². The van der Waals surface area contributed by atoms with E-state index in [2.05, 4.69) is 20.4 Å². The number of carbonyl (C=O) groups is 1. The summed E-state index contributed by atoms with van der Waals surface area (Å²) in [6.45, 7) is 5.86. The van der Waals surface area contributed by atoms with Gasteiger partial charge in [0.25, 0.3) is 5.91 Å². The maximum Gasteiger partial charge on any atom is 0.573 e. The van der Waals surface area contributed by atoms with Gasteiger partial charge in [0.1, 0.15) is 10.6 Å². The van der Waals surface area contributed by atoms with Crippen LogP contribution in [0.25, 0.3) is 0 Å². The van der Waals surface area contributed by atoms with Gasteiger partial charge in [0.05, 0.1) is 11.0 Å². The molecule has 0 aliphatic rings. The summed E-state index contributed by atoms with van der Waals surface area (Å²) in [5, 5.41) is 5.80. The van der Waals surface area contributed by atoms with Crippen molar-refractivity contribution < 1.29 is 35.9 Å². The van der Waals surface area contributed by atoms with Crippen LogP contribution < -0.4 is 15.4 Å². The van der Waals surface area contributed by atoms with E-state index in [1.54, 1.807) is 0 Å². The zero-order valence-electron chi connectivity index (χ0n) is 18.2. The van der Waals surface area contributed by atoms with E-state index < -0.39 is 40.8 Å². The highest BCUT2D eigenvalue weighted by Gasteiger charge is 2.39. The minimum Gasteiger partial charge on any atom is -0.406 e. The van der Waals surface area contributed by atoms with Gasteiger partial charge >= 0.3 is 12.5 Å². The van der Waals surface area contributed by atoms with Crippen LogP contribution in [-0.2, 0) is 12.6 Å². The van der Waals surface area contributed by atoms with E-state index in [1.807, 2.05) is 13.8 Å². The fourth-order valence-corrected chi connectivity index (χ4v) is 4.09. The number of benzene rings is 1. The van der Waals surface area contributed by atoms with Gasteiger partial charge in [-0.1, -0.05) is 26.0 Å². The van der Waals surface area contributed by atoms with Crippen LogP contribution in [0.1, 0.15) is 65.6 Å². The van der Waals surface area contributed by atoms with Crippen molar-refractivity contribution in [1.29, 1.82) is 0 Å². The van der Waals surface area contributed by atoms with Crippen LogP contribution in [0.5, 0.6) is 5.75 Å². The summed E-state index contributed by atoms with van der Waals surface area (Å²) in [4.78, 5) is 15.7. The average Bonchev–Trinajstić information content (AvgIpc) is 3.15. The smallest absolute Gasteiger partial charge is 0.406 e. The molecule has 33 heavy (non-hydrogen) atoms. The number of amides is 1. The van der Waals surface area contributed by atoms with E-state index >= 15 is 0 Å². The Balaban J connectivity index is 2.16. The van der Waals surface area contributed by atoms with Crippen LogP contribution >= 0.6 is 11.3 Å². The lowest BCUT2D eigenvalue weighted by Crippen LogP contribution is -2.29. The van der Waals surface area contributed by atoms with Gasteiger partial charge in [-0.15, -0.1) is 24.5 Å². The number of ether oxygens (including phenoxy) is 1. The van der Waals surface area contributed by atoms with Crippen molar-refractivity contribution in [3.8, 4) is 5.75 Å². The molecule has 184 valence electrons. The van der Waals surface area contributed by atoms with Gasteiger partial charge in [-0.05, 0) is 37.5 Å². The number of rotatable bonds is 10. The molecule has 0 aliphatic carbocycles. The number of hydrogen-bond donors (Lipinski definition) is 2. The van der Waals surface area contributed by atoms with Crippen LogP contribution in [0.15, 0.2) is 24.3 Å². The molecule has 1 heterocycles. The number of hydrogen-bond acceptors (Lipinski definition) is 5. The maximum atomic E-state index is 13.5. The van der Waals surface area contributed by atoms with Gasteiger partial charge in [0.15, 0.2) is 5.69 Å². The van der Waals surface area contributed by atoms with Crippen LogP contribution in [0.3, 0.4) is 0 Å². The highest BCUT2D eigenvalue weighted by atomic mass is 32.1. The molecule has 1 aromatic carbocycles. The number of nitrogens with one attached hydrogen (secondary N) is 2. The average molecular weight is 498 g/mol. The number of carbonyl (C=O) groups excluding carboxylic acids is 1. The first-order valence-corrected chi connectivity index (χ1v) is 11.1. The minimum atomic E-state index is -4.89. The molecule has 1 atom stereocenters. The number of thiazole rings is 1. The van der Waals surface area contributed by atoms with E-state index in [0.29, 0.717) is 17.9 Å². The lowest BCUT2D eigenvalue weighted by atomic mass is 10.1. The van der Waals surface area contributed by atoms with Crippen molar-refractivity contribution in [2.75, 3.05) is 6.54 Å². The Kier molecular flexibility index (Phi) is 9.12. The molecule has 0 saturated heterocycles. The second kappa shape index (κ2) is 11.2.